The summed E-state index contributed by atoms with van der Waals surface area (Å²) < 4.78 is 0. The Balaban J connectivity index is 2.16. The van der Waals surface area contributed by atoms with E-state index in [2.05, 4.69) is 24.1 Å². The number of nitrogens with zero attached hydrogens (tertiary/aromatic N) is 1. The first kappa shape index (κ1) is 12.0. The molecule has 2 nitrogen and oxygen atoms in total. The van der Waals surface area contributed by atoms with Crippen LogP contribution in [-0.4, -0.2) is 37.1 Å². The Kier molecular flexibility index (Phi) is 6.20. The number of hydrogen-bond donors (Lipinski definition) is 1. The first-order valence-corrected chi connectivity index (χ1v) is 6.29. The largest absolute Gasteiger partial charge is 0.315 e. The van der Waals surface area contributed by atoms with Crippen molar-refractivity contribution in [1.29, 1.82) is 0 Å². The summed E-state index contributed by atoms with van der Waals surface area (Å²) in [7, 11) is 0. The molecule has 1 N–H and O–H groups in total. The van der Waals surface area contributed by atoms with E-state index in [9.17, 15) is 0 Å². The number of hydrogen-bond acceptors (Lipinski definition) is 2. The molecule has 1 rings (SSSR count). The molecular weight excluding hydrogens is 172 g/mol. The molecule has 0 saturated carbocycles. The molecule has 1 unspecified atom stereocenters. The van der Waals surface area contributed by atoms with Crippen LogP contribution in [0.25, 0.3) is 0 Å². The van der Waals surface area contributed by atoms with Gasteiger partial charge in [0.25, 0.3) is 0 Å². The maximum Gasteiger partial charge on any atom is 0.0192 e. The third-order valence-corrected chi connectivity index (χ3v) is 3.13. The fourth-order valence-corrected chi connectivity index (χ4v) is 2.15. The number of likely N-dealkylation sites (tertiary alicyclic amines) is 1. The summed E-state index contributed by atoms with van der Waals surface area (Å²) >= 11 is 0. The Hall–Kier alpha value is -0.0800. The minimum atomic E-state index is 0.722. The maximum absolute atomic E-state index is 3.51. The van der Waals surface area contributed by atoms with Crippen LogP contribution in [0.15, 0.2) is 0 Å². The summed E-state index contributed by atoms with van der Waals surface area (Å²) in [5, 5.41) is 3.51. The summed E-state index contributed by atoms with van der Waals surface area (Å²) in [5.41, 5.74) is 0. The summed E-state index contributed by atoms with van der Waals surface area (Å²) in [6, 6.07) is 0.722. The fraction of sp³-hybridized carbons (Fsp3) is 1.00. The normalized spacial score (nSPS) is 21.9. The molecule has 2 heteroatoms. The van der Waals surface area contributed by atoms with E-state index < -0.39 is 0 Å². The lowest BCUT2D eigenvalue weighted by molar-refractivity contribution is 0.212. The van der Waals surface area contributed by atoms with Gasteiger partial charge in [-0.1, -0.05) is 19.8 Å². The van der Waals surface area contributed by atoms with Crippen LogP contribution in [0.5, 0.6) is 0 Å². The lowest BCUT2D eigenvalue weighted by Crippen LogP contribution is -2.41. The lowest BCUT2D eigenvalue weighted by Gasteiger charge is -2.27. The second-order valence-corrected chi connectivity index (χ2v) is 4.50. The lowest BCUT2D eigenvalue weighted by atomic mass is 10.2. The van der Waals surface area contributed by atoms with Gasteiger partial charge in [0.2, 0.25) is 0 Å². The van der Waals surface area contributed by atoms with Crippen molar-refractivity contribution < 1.29 is 0 Å². The molecule has 1 aliphatic heterocycles. The highest BCUT2D eigenvalue weighted by atomic mass is 15.2. The molecule has 0 aromatic heterocycles. The highest BCUT2D eigenvalue weighted by Crippen LogP contribution is 2.11. The predicted octanol–water partition coefficient (Wildman–Crippen LogP) is 2.25. The molecule has 0 aromatic rings. The van der Waals surface area contributed by atoms with Gasteiger partial charge in [0.05, 0.1) is 0 Å². The molecule has 0 aliphatic carbocycles. The first-order chi connectivity index (χ1) is 6.84. The van der Waals surface area contributed by atoms with E-state index in [-0.39, 0.29) is 0 Å². The third kappa shape index (κ3) is 4.43. The molecule has 1 saturated heterocycles. The van der Waals surface area contributed by atoms with Gasteiger partial charge in [-0.15, -0.1) is 0 Å². The van der Waals surface area contributed by atoms with Gasteiger partial charge < -0.3 is 5.32 Å². The van der Waals surface area contributed by atoms with Gasteiger partial charge in [-0.25, -0.2) is 0 Å². The third-order valence-electron chi connectivity index (χ3n) is 3.13. The Morgan fingerprint density at radius 3 is 2.36 bits per heavy atom. The van der Waals surface area contributed by atoms with Crippen molar-refractivity contribution in [1.82, 2.24) is 10.2 Å². The zero-order valence-corrected chi connectivity index (χ0v) is 9.89. The number of nitrogens with one attached hydrogen (secondary N) is 1. The summed E-state index contributed by atoms with van der Waals surface area (Å²) in [6.07, 6.45) is 6.92. The SMILES string of the molecule is CCCNCC(C)N1CCCCCC1. The quantitative estimate of drug-likeness (QED) is 0.682. The van der Waals surface area contributed by atoms with E-state index in [4.69, 9.17) is 0 Å². The molecule has 1 atom stereocenters. The Morgan fingerprint density at radius 2 is 1.79 bits per heavy atom. The Morgan fingerprint density at radius 1 is 1.14 bits per heavy atom. The molecule has 1 fully saturated rings. The van der Waals surface area contributed by atoms with Crippen molar-refractivity contribution in [3.8, 4) is 0 Å². The molecule has 0 spiro atoms. The molecule has 1 heterocycles. The van der Waals surface area contributed by atoms with Gasteiger partial charge in [-0.2, -0.15) is 0 Å². The maximum atomic E-state index is 3.51. The van der Waals surface area contributed by atoms with Crippen molar-refractivity contribution in [3.63, 3.8) is 0 Å². The van der Waals surface area contributed by atoms with Crippen LogP contribution in [0.3, 0.4) is 0 Å². The standard InChI is InChI=1S/C12H26N2/c1-3-8-13-11-12(2)14-9-6-4-5-7-10-14/h12-13H,3-11H2,1-2H3. The second kappa shape index (κ2) is 7.24. The highest BCUT2D eigenvalue weighted by Gasteiger charge is 2.14. The Bertz CT molecular complexity index is 128. The van der Waals surface area contributed by atoms with Crippen molar-refractivity contribution >= 4 is 0 Å². The predicted molar refractivity (Wildman–Crippen MR) is 62.7 cm³/mol. The van der Waals surface area contributed by atoms with Gasteiger partial charge in [0.15, 0.2) is 0 Å². The summed E-state index contributed by atoms with van der Waals surface area (Å²) in [5.74, 6) is 0. The monoisotopic (exact) mass is 198 g/mol. The van der Waals surface area contributed by atoms with Gasteiger partial charge >= 0.3 is 0 Å². The van der Waals surface area contributed by atoms with E-state index in [1.54, 1.807) is 0 Å². The fourth-order valence-electron chi connectivity index (χ4n) is 2.15. The number of rotatable bonds is 5. The molecule has 14 heavy (non-hydrogen) atoms. The van der Waals surface area contributed by atoms with E-state index in [0.29, 0.717) is 0 Å². The van der Waals surface area contributed by atoms with Gasteiger partial charge in [-0.05, 0) is 45.8 Å². The van der Waals surface area contributed by atoms with E-state index in [1.165, 1.54) is 45.2 Å². The highest BCUT2D eigenvalue weighted by molar-refractivity contribution is 4.72. The van der Waals surface area contributed by atoms with E-state index in [0.717, 1.165) is 19.1 Å². The second-order valence-electron chi connectivity index (χ2n) is 4.50. The zero-order chi connectivity index (χ0) is 10.2. The molecule has 0 aromatic carbocycles. The van der Waals surface area contributed by atoms with Crippen LogP contribution < -0.4 is 5.32 Å². The molecule has 0 radical (unpaired) electrons. The smallest absolute Gasteiger partial charge is 0.0192 e. The van der Waals surface area contributed by atoms with Crippen LogP contribution in [0.1, 0.15) is 46.0 Å². The zero-order valence-electron chi connectivity index (χ0n) is 9.89. The minimum absolute atomic E-state index is 0.722. The van der Waals surface area contributed by atoms with Crippen LogP contribution in [0.2, 0.25) is 0 Å². The average Bonchev–Trinajstić information content (AvgIpc) is 2.46. The molecule has 0 bridgehead atoms. The van der Waals surface area contributed by atoms with Crippen LogP contribution >= 0.6 is 0 Å². The molecular formula is C12H26N2. The van der Waals surface area contributed by atoms with Crippen molar-refractivity contribution in [2.24, 2.45) is 0 Å². The van der Waals surface area contributed by atoms with E-state index >= 15 is 0 Å². The molecule has 84 valence electrons. The minimum Gasteiger partial charge on any atom is -0.315 e. The molecule has 1 aliphatic rings. The van der Waals surface area contributed by atoms with Gasteiger partial charge in [-0.3, -0.25) is 4.90 Å². The summed E-state index contributed by atoms with van der Waals surface area (Å²) in [4.78, 5) is 2.65. The topological polar surface area (TPSA) is 15.3 Å². The first-order valence-electron chi connectivity index (χ1n) is 6.29. The summed E-state index contributed by atoms with van der Waals surface area (Å²) in [6.45, 7) is 9.54. The van der Waals surface area contributed by atoms with Gasteiger partial charge in [0, 0.05) is 12.6 Å². The van der Waals surface area contributed by atoms with Crippen LogP contribution in [-0.2, 0) is 0 Å². The molecule has 0 amide bonds. The van der Waals surface area contributed by atoms with Gasteiger partial charge in [0.1, 0.15) is 0 Å². The van der Waals surface area contributed by atoms with Crippen LogP contribution in [0, 0.1) is 0 Å². The van der Waals surface area contributed by atoms with Crippen LogP contribution in [0.4, 0.5) is 0 Å². The van der Waals surface area contributed by atoms with Crippen molar-refractivity contribution in [2.45, 2.75) is 52.0 Å². The average molecular weight is 198 g/mol. The van der Waals surface area contributed by atoms with Crippen molar-refractivity contribution in [3.05, 3.63) is 0 Å². The van der Waals surface area contributed by atoms with Crippen molar-refractivity contribution in [2.75, 3.05) is 26.2 Å². The van der Waals surface area contributed by atoms with E-state index in [1.807, 2.05) is 0 Å². The Labute approximate surface area is 89.1 Å².